The number of amides is 1. The van der Waals surface area contributed by atoms with Crippen LogP contribution >= 0.6 is 0 Å². The molecule has 2 fully saturated rings. The van der Waals surface area contributed by atoms with Crippen molar-refractivity contribution in [2.24, 2.45) is 0 Å². The van der Waals surface area contributed by atoms with Crippen molar-refractivity contribution in [2.75, 3.05) is 51.2 Å². The molecule has 1 atom stereocenters. The van der Waals surface area contributed by atoms with E-state index in [0.717, 1.165) is 45.7 Å². The van der Waals surface area contributed by atoms with E-state index in [-0.39, 0.29) is 12.2 Å². The largest absolute Gasteiger partial charge is 0.444 e. The highest BCUT2D eigenvalue weighted by molar-refractivity contribution is 5.69. The molecule has 1 aromatic rings. The Bertz CT molecular complexity index is 472. The van der Waals surface area contributed by atoms with Crippen LogP contribution in [0.25, 0.3) is 0 Å². The molecule has 114 valence electrons. The Morgan fingerprint density at radius 3 is 2.48 bits per heavy atom. The van der Waals surface area contributed by atoms with Crippen molar-refractivity contribution in [2.45, 2.75) is 12.5 Å². The van der Waals surface area contributed by atoms with E-state index in [0.29, 0.717) is 0 Å². The van der Waals surface area contributed by atoms with Crippen molar-refractivity contribution >= 4 is 11.8 Å². The van der Waals surface area contributed by atoms with Crippen molar-refractivity contribution in [3.8, 4) is 0 Å². The van der Waals surface area contributed by atoms with Gasteiger partial charge in [-0.05, 0) is 18.6 Å². The lowest BCUT2D eigenvalue weighted by atomic mass is 10.2. The van der Waals surface area contributed by atoms with Gasteiger partial charge in [0.25, 0.3) is 0 Å². The third kappa shape index (κ3) is 3.47. The first-order valence-electron chi connectivity index (χ1n) is 7.66. The molecule has 0 aromatic heterocycles. The highest BCUT2D eigenvalue weighted by Gasteiger charge is 2.28. The summed E-state index contributed by atoms with van der Waals surface area (Å²) in [5, 5.41) is 0. The molecule has 2 saturated heterocycles. The highest BCUT2D eigenvalue weighted by atomic mass is 16.6. The van der Waals surface area contributed by atoms with Gasteiger partial charge in [-0.15, -0.1) is 0 Å². The van der Waals surface area contributed by atoms with Gasteiger partial charge in [-0.25, -0.2) is 4.79 Å². The lowest BCUT2D eigenvalue weighted by molar-refractivity contribution is 0.121. The van der Waals surface area contributed by atoms with Crippen LogP contribution in [0.2, 0.25) is 0 Å². The summed E-state index contributed by atoms with van der Waals surface area (Å²) in [4.78, 5) is 17.9. The molecule has 0 unspecified atom stereocenters. The molecule has 2 aliphatic rings. The van der Waals surface area contributed by atoms with Crippen molar-refractivity contribution in [1.29, 1.82) is 0 Å². The lowest BCUT2D eigenvalue weighted by Crippen LogP contribution is -2.47. The Morgan fingerprint density at radius 1 is 1.14 bits per heavy atom. The molecule has 1 amide bonds. The van der Waals surface area contributed by atoms with Crippen LogP contribution in [0, 0.1) is 0 Å². The van der Waals surface area contributed by atoms with Crippen LogP contribution in [0.5, 0.6) is 0 Å². The summed E-state index contributed by atoms with van der Waals surface area (Å²) in [5.74, 6) is 0. The van der Waals surface area contributed by atoms with Crippen molar-refractivity contribution < 1.29 is 9.53 Å². The number of hydrogen-bond acceptors (Lipinski definition) is 4. The van der Waals surface area contributed by atoms with Crippen LogP contribution in [-0.2, 0) is 4.74 Å². The summed E-state index contributed by atoms with van der Waals surface area (Å²) in [6.07, 6.45) is 0.810. The second kappa shape index (κ2) is 6.35. The SMILES string of the molecule is CN1C[C@H](CCN2CCN(c3ccccc3)CC2)OC1=O. The molecule has 0 saturated carbocycles. The summed E-state index contributed by atoms with van der Waals surface area (Å²) in [7, 11) is 1.79. The van der Waals surface area contributed by atoms with Gasteiger partial charge in [0, 0.05) is 45.5 Å². The Kier molecular flexibility index (Phi) is 4.29. The Balaban J connectivity index is 1.41. The van der Waals surface area contributed by atoms with Gasteiger partial charge in [-0.3, -0.25) is 4.90 Å². The fourth-order valence-electron chi connectivity index (χ4n) is 3.00. The van der Waals surface area contributed by atoms with Gasteiger partial charge < -0.3 is 14.5 Å². The summed E-state index contributed by atoms with van der Waals surface area (Å²) in [6.45, 7) is 6.01. The van der Waals surface area contributed by atoms with Gasteiger partial charge in [-0.1, -0.05) is 18.2 Å². The van der Waals surface area contributed by atoms with E-state index in [1.165, 1.54) is 5.69 Å². The summed E-state index contributed by atoms with van der Waals surface area (Å²) in [6, 6.07) is 10.6. The van der Waals surface area contributed by atoms with E-state index in [4.69, 9.17) is 4.74 Å². The number of piperazine rings is 1. The maximum Gasteiger partial charge on any atom is 0.409 e. The zero-order chi connectivity index (χ0) is 14.7. The van der Waals surface area contributed by atoms with E-state index in [9.17, 15) is 4.79 Å². The fourth-order valence-corrected chi connectivity index (χ4v) is 3.00. The minimum atomic E-state index is -0.186. The number of likely N-dealkylation sites (N-methyl/N-ethyl adjacent to an activating group) is 1. The molecule has 21 heavy (non-hydrogen) atoms. The molecule has 3 rings (SSSR count). The number of anilines is 1. The summed E-state index contributed by atoms with van der Waals surface area (Å²) < 4.78 is 5.30. The van der Waals surface area contributed by atoms with Crippen LogP contribution < -0.4 is 4.90 Å². The predicted molar refractivity (Wildman–Crippen MR) is 82.6 cm³/mol. The average Bonchev–Trinajstić information content (AvgIpc) is 2.85. The number of hydrogen-bond donors (Lipinski definition) is 0. The molecule has 1 aromatic carbocycles. The van der Waals surface area contributed by atoms with Crippen LogP contribution in [0.4, 0.5) is 10.5 Å². The van der Waals surface area contributed by atoms with E-state index < -0.39 is 0 Å². The van der Waals surface area contributed by atoms with E-state index in [1.807, 2.05) is 0 Å². The molecular formula is C16H23N3O2. The number of cyclic esters (lactones) is 1. The first-order chi connectivity index (χ1) is 10.2. The summed E-state index contributed by atoms with van der Waals surface area (Å²) in [5.41, 5.74) is 1.31. The molecule has 0 radical (unpaired) electrons. The monoisotopic (exact) mass is 289 g/mol. The number of carbonyl (C=O) groups excluding carboxylic acids is 1. The lowest BCUT2D eigenvalue weighted by Gasteiger charge is -2.36. The van der Waals surface area contributed by atoms with E-state index in [2.05, 4.69) is 40.1 Å². The Hall–Kier alpha value is -1.75. The molecule has 2 heterocycles. The molecule has 0 bridgehead atoms. The normalized spacial score (nSPS) is 23.5. The van der Waals surface area contributed by atoms with Gasteiger partial charge in [0.05, 0.1) is 6.54 Å². The molecule has 5 heteroatoms. The molecule has 2 aliphatic heterocycles. The van der Waals surface area contributed by atoms with E-state index in [1.54, 1.807) is 11.9 Å². The number of nitrogens with zero attached hydrogens (tertiary/aromatic N) is 3. The first-order valence-corrected chi connectivity index (χ1v) is 7.66. The number of ether oxygens (including phenoxy) is 1. The van der Waals surface area contributed by atoms with Crippen LogP contribution in [0.3, 0.4) is 0 Å². The zero-order valence-electron chi connectivity index (χ0n) is 12.6. The minimum Gasteiger partial charge on any atom is -0.444 e. The fraction of sp³-hybridized carbons (Fsp3) is 0.562. The molecule has 0 aliphatic carbocycles. The van der Waals surface area contributed by atoms with Crippen molar-refractivity contribution in [1.82, 2.24) is 9.80 Å². The van der Waals surface area contributed by atoms with Crippen molar-refractivity contribution in [3.05, 3.63) is 30.3 Å². The van der Waals surface area contributed by atoms with Crippen LogP contribution in [0.15, 0.2) is 30.3 Å². The maximum atomic E-state index is 11.3. The summed E-state index contributed by atoms with van der Waals surface area (Å²) >= 11 is 0. The number of benzene rings is 1. The number of carbonyl (C=O) groups is 1. The van der Waals surface area contributed by atoms with Gasteiger partial charge >= 0.3 is 6.09 Å². The van der Waals surface area contributed by atoms with Gasteiger partial charge in [0.1, 0.15) is 6.10 Å². The smallest absolute Gasteiger partial charge is 0.409 e. The quantitative estimate of drug-likeness (QED) is 0.844. The second-order valence-corrected chi connectivity index (χ2v) is 5.84. The third-order valence-electron chi connectivity index (χ3n) is 4.32. The van der Waals surface area contributed by atoms with Gasteiger partial charge in [0.15, 0.2) is 0 Å². The first kappa shape index (κ1) is 14.2. The third-order valence-corrected chi connectivity index (χ3v) is 4.32. The molecule has 0 spiro atoms. The Labute approximate surface area is 126 Å². The zero-order valence-corrected chi connectivity index (χ0v) is 12.6. The van der Waals surface area contributed by atoms with Crippen molar-refractivity contribution in [3.63, 3.8) is 0 Å². The number of rotatable bonds is 4. The second-order valence-electron chi connectivity index (χ2n) is 5.84. The predicted octanol–water partition coefficient (Wildman–Crippen LogP) is 1.65. The van der Waals surface area contributed by atoms with E-state index >= 15 is 0 Å². The molecule has 0 N–H and O–H groups in total. The van der Waals surface area contributed by atoms with Crippen LogP contribution in [-0.4, -0.2) is 68.3 Å². The minimum absolute atomic E-state index is 0.0645. The standard InChI is InChI=1S/C16H23N3O2/c1-17-13-15(21-16(17)20)7-8-18-9-11-19(12-10-18)14-5-3-2-4-6-14/h2-6,15H,7-13H2,1H3/t15-/m0/s1. The molecule has 5 nitrogen and oxygen atoms in total. The highest BCUT2D eigenvalue weighted by Crippen LogP contribution is 2.17. The average molecular weight is 289 g/mol. The van der Waals surface area contributed by atoms with Crippen LogP contribution in [0.1, 0.15) is 6.42 Å². The molecular weight excluding hydrogens is 266 g/mol. The Morgan fingerprint density at radius 2 is 1.86 bits per heavy atom. The van der Waals surface area contributed by atoms with Gasteiger partial charge in [0.2, 0.25) is 0 Å². The van der Waals surface area contributed by atoms with Gasteiger partial charge in [-0.2, -0.15) is 0 Å². The number of para-hydroxylation sites is 1. The topological polar surface area (TPSA) is 36.0 Å². The maximum absolute atomic E-state index is 11.3.